The first-order valence-electron chi connectivity index (χ1n) is 15.4. The minimum Gasteiger partial charge on any atom is -0.354 e. The first-order valence-corrected chi connectivity index (χ1v) is 15.4. The molecule has 2 N–H and O–H groups in total. The average Bonchev–Trinajstić information content (AvgIpc) is 3.25. The van der Waals surface area contributed by atoms with Crippen molar-refractivity contribution in [2.45, 2.75) is 128 Å². The van der Waals surface area contributed by atoms with Crippen LogP contribution in [0.4, 0.5) is 0 Å². The van der Waals surface area contributed by atoms with Gasteiger partial charge in [-0.3, -0.25) is 9.59 Å². The number of nitrogens with one attached hydrogen (secondary N) is 2. The quantitative estimate of drug-likeness (QED) is 0.153. The lowest BCUT2D eigenvalue weighted by Crippen LogP contribution is -2.57. The number of rotatable bonds is 20. The van der Waals surface area contributed by atoms with Gasteiger partial charge >= 0.3 is 0 Å². The first-order chi connectivity index (χ1) is 17.9. The molecule has 1 aliphatic rings. The second kappa shape index (κ2) is 18.4. The maximum atomic E-state index is 13.1. The summed E-state index contributed by atoms with van der Waals surface area (Å²) in [6.45, 7) is 3.97. The smallest absolute Gasteiger partial charge is 0.279 e. The third-order valence-corrected chi connectivity index (χ3v) is 8.10. The lowest BCUT2D eigenvalue weighted by molar-refractivity contribution is -0.893. The molecule has 2 atom stereocenters. The minimum atomic E-state index is -0.526. The number of quaternary nitrogens is 1. The fourth-order valence-corrected chi connectivity index (χ4v) is 5.63. The van der Waals surface area contributed by atoms with Crippen molar-refractivity contribution in [2.24, 2.45) is 0 Å². The SMILES string of the molecule is CCCCCCCCCCCCCCCCNC(=O)C(Cc1ccccc1)NC(=O)C1CCC[N+]1(C)C. The number of hydrogen-bond donors (Lipinski definition) is 2. The lowest BCUT2D eigenvalue weighted by Gasteiger charge is -2.31. The second-order valence-corrected chi connectivity index (χ2v) is 11.8. The van der Waals surface area contributed by atoms with Crippen molar-refractivity contribution in [3.63, 3.8) is 0 Å². The maximum Gasteiger partial charge on any atom is 0.279 e. The molecule has 0 bridgehead atoms. The number of hydrogen-bond acceptors (Lipinski definition) is 2. The molecule has 1 aliphatic heterocycles. The van der Waals surface area contributed by atoms with E-state index in [-0.39, 0.29) is 17.9 Å². The van der Waals surface area contributed by atoms with Crippen LogP contribution in [-0.2, 0) is 16.0 Å². The summed E-state index contributed by atoms with van der Waals surface area (Å²) < 4.78 is 0.699. The van der Waals surface area contributed by atoms with E-state index in [1.807, 2.05) is 30.3 Å². The third kappa shape index (κ3) is 13.0. The Labute approximate surface area is 227 Å². The third-order valence-electron chi connectivity index (χ3n) is 8.10. The molecular weight excluding hydrogens is 458 g/mol. The topological polar surface area (TPSA) is 58.2 Å². The highest BCUT2D eigenvalue weighted by atomic mass is 16.2. The highest BCUT2D eigenvalue weighted by Crippen LogP contribution is 2.22. The fourth-order valence-electron chi connectivity index (χ4n) is 5.63. The summed E-state index contributed by atoms with van der Waals surface area (Å²) in [5, 5.41) is 6.20. The van der Waals surface area contributed by atoms with Crippen LogP contribution >= 0.6 is 0 Å². The van der Waals surface area contributed by atoms with E-state index in [0.717, 1.165) is 37.8 Å². The molecular formula is C32H56N3O2+. The minimum absolute atomic E-state index is 0.00933. The van der Waals surface area contributed by atoms with Gasteiger partial charge < -0.3 is 15.1 Å². The summed E-state index contributed by atoms with van der Waals surface area (Å²) in [4.78, 5) is 26.1. The van der Waals surface area contributed by atoms with Gasteiger partial charge in [0.25, 0.3) is 5.91 Å². The van der Waals surface area contributed by atoms with E-state index in [2.05, 4.69) is 31.7 Å². The van der Waals surface area contributed by atoms with Crippen LogP contribution in [0.1, 0.15) is 115 Å². The predicted octanol–water partition coefficient (Wildman–Crippen LogP) is 6.55. The van der Waals surface area contributed by atoms with E-state index in [0.29, 0.717) is 17.4 Å². The zero-order valence-corrected chi connectivity index (χ0v) is 24.2. The molecule has 2 unspecified atom stereocenters. The summed E-state index contributed by atoms with van der Waals surface area (Å²) in [7, 11) is 4.22. The molecule has 1 saturated heterocycles. The monoisotopic (exact) mass is 514 g/mol. The maximum absolute atomic E-state index is 13.1. The van der Waals surface area contributed by atoms with Crippen molar-refractivity contribution in [1.29, 1.82) is 0 Å². The van der Waals surface area contributed by atoms with Gasteiger partial charge in [-0.2, -0.15) is 0 Å². The van der Waals surface area contributed by atoms with Gasteiger partial charge in [-0.05, 0) is 12.0 Å². The Balaban J connectivity index is 1.61. The number of carbonyl (C=O) groups is 2. The number of amides is 2. The molecule has 210 valence electrons. The molecule has 1 aromatic rings. The van der Waals surface area contributed by atoms with Crippen LogP contribution in [-0.4, -0.2) is 55.6 Å². The Kier molecular flexibility index (Phi) is 15.6. The van der Waals surface area contributed by atoms with Gasteiger partial charge in [-0.25, -0.2) is 0 Å². The van der Waals surface area contributed by atoms with Gasteiger partial charge in [0.2, 0.25) is 5.91 Å². The Morgan fingerprint density at radius 2 is 1.38 bits per heavy atom. The van der Waals surface area contributed by atoms with Crippen molar-refractivity contribution < 1.29 is 14.1 Å². The van der Waals surface area contributed by atoms with Crippen molar-refractivity contribution in [1.82, 2.24) is 10.6 Å². The van der Waals surface area contributed by atoms with Crippen LogP contribution in [0.15, 0.2) is 30.3 Å². The molecule has 0 radical (unpaired) electrons. The fraction of sp³-hybridized carbons (Fsp3) is 0.750. The van der Waals surface area contributed by atoms with Crippen LogP contribution in [0, 0.1) is 0 Å². The molecule has 5 heteroatoms. The van der Waals surface area contributed by atoms with E-state index in [9.17, 15) is 9.59 Å². The molecule has 5 nitrogen and oxygen atoms in total. The molecule has 0 spiro atoms. The molecule has 1 aromatic carbocycles. The first kappa shape index (κ1) is 31.3. The van der Waals surface area contributed by atoms with Gasteiger partial charge in [-0.15, -0.1) is 0 Å². The zero-order valence-electron chi connectivity index (χ0n) is 24.2. The van der Waals surface area contributed by atoms with Crippen LogP contribution in [0.5, 0.6) is 0 Å². The van der Waals surface area contributed by atoms with Crippen LogP contribution < -0.4 is 10.6 Å². The molecule has 0 saturated carbocycles. The zero-order chi connectivity index (χ0) is 26.8. The van der Waals surface area contributed by atoms with E-state index in [1.165, 1.54) is 77.0 Å². The van der Waals surface area contributed by atoms with Crippen molar-refractivity contribution in [2.75, 3.05) is 27.2 Å². The highest BCUT2D eigenvalue weighted by Gasteiger charge is 2.40. The highest BCUT2D eigenvalue weighted by molar-refractivity contribution is 5.89. The lowest BCUT2D eigenvalue weighted by atomic mass is 10.0. The van der Waals surface area contributed by atoms with Gasteiger partial charge in [0.05, 0.1) is 20.6 Å². The number of likely N-dealkylation sites (N-methyl/N-ethyl adjacent to an activating group) is 1. The van der Waals surface area contributed by atoms with E-state index < -0.39 is 6.04 Å². The summed E-state index contributed by atoms with van der Waals surface area (Å²) in [5.74, 6) is -0.0507. The van der Waals surface area contributed by atoms with Gasteiger partial charge in [0.1, 0.15) is 6.04 Å². The number of carbonyl (C=O) groups excluding carboxylic acids is 2. The number of likely N-dealkylation sites (tertiary alicyclic amines) is 1. The summed E-state index contributed by atoms with van der Waals surface area (Å²) >= 11 is 0. The number of nitrogens with zero attached hydrogens (tertiary/aromatic N) is 1. The molecule has 2 rings (SSSR count). The summed E-state index contributed by atoms with van der Waals surface area (Å²) in [6, 6.07) is 9.39. The van der Waals surface area contributed by atoms with Gasteiger partial charge in [0, 0.05) is 25.8 Å². The van der Waals surface area contributed by atoms with E-state index in [4.69, 9.17) is 0 Å². The predicted molar refractivity (Wildman–Crippen MR) is 155 cm³/mol. The Morgan fingerprint density at radius 1 is 0.838 bits per heavy atom. The number of unbranched alkanes of at least 4 members (excludes halogenated alkanes) is 13. The summed E-state index contributed by atoms with van der Waals surface area (Å²) in [6.07, 6.45) is 21.0. The molecule has 1 heterocycles. The summed E-state index contributed by atoms with van der Waals surface area (Å²) in [5.41, 5.74) is 1.07. The van der Waals surface area contributed by atoms with E-state index in [1.54, 1.807) is 0 Å². The van der Waals surface area contributed by atoms with Gasteiger partial charge in [0.15, 0.2) is 6.04 Å². The largest absolute Gasteiger partial charge is 0.354 e. The molecule has 1 fully saturated rings. The van der Waals surface area contributed by atoms with Crippen molar-refractivity contribution >= 4 is 11.8 Å². The molecule has 0 aliphatic carbocycles. The average molecular weight is 515 g/mol. The van der Waals surface area contributed by atoms with Crippen LogP contribution in [0.2, 0.25) is 0 Å². The number of benzene rings is 1. The standard InChI is InChI=1S/C32H55N3O2/c1-4-5-6-7-8-9-10-11-12-13-14-15-16-20-25-33-31(36)29(27-28-22-18-17-19-23-28)34-32(37)30-24-21-26-35(30,2)3/h17-19,22-23,29-30H,4-16,20-21,24-27H2,1-3H3,(H-,33,34,36,37)/p+1. The van der Waals surface area contributed by atoms with Crippen LogP contribution in [0.25, 0.3) is 0 Å². The van der Waals surface area contributed by atoms with Crippen molar-refractivity contribution in [3.8, 4) is 0 Å². The Hall–Kier alpha value is -1.88. The Morgan fingerprint density at radius 3 is 1.89 bits per heavy atom. The molecule has 2 amide bonds. The van der Waals surface area contributed by atoms with Crippen molar-refractivity contribution in [3.05, 3.63) is 35.9 Å². The van der Waals surface area contributed by atoms with Gasteiger partial charge in [-0.1, -0.05) is 121 Å². The Bertz CT molecular complexity index is 750. The normalized spacial score (nSPS) is 17.4. The molecule has 0 aromatic heterocycles. The molecule has 37 heavy (non-hydrogen) atoms. The van der Waals surface area contributed by atoms with Crippen LogP contribution in [0.3, 0.4) is 0 Å². The van der Waals surface area contributed by atoms with E-state index >= 15 is 0 Å². The second-order valence-electron chi connectivity index (χ2n) is 11.8.